The van der Waals surface area contributed by atoms with E-state index in [1.165, 1.54) is 74.9 Å². The summed E-state index contributed by atoms with van der Waals surface area (Å²) in [5, 5.41) is 5.03. The van der Waals surface area contributed by atoms with Crippen molar-refractivity contribution in [1.82, 2.24) is 9.78 Å². The average Bonchev–Trinajstić information content (AvgIpc) is 2.85. The van der Waals surface area contributed by atoms with E-state index in [-0.39, 0.29) is 0 Å². The molecule has 0 saturated carbocycles. The first-order valence-electron chi connectivity index (χ1n) is 9.05. The summed E-state index contributed by atoms with van der Waals surface area (Å²) in [6.07, 6.45) is 12.8. The van der Waals surface area contributed by atoms with E-state index in [1.807, 2.05) is 0 Å². The van der Waals surface area contributed by atoms with Crippen LogP contribution in [0.15, 0.2) is 30.3 Å². The van der Waals surface area contributed by atoms with Crippen LogP contribution in [0.2, 0.25) is 0 Å². The smallest absolute Gasteiger partial charge is 0.0663 e. The highest BCUT2D eigenvalue weighted by molar-refractivity contribution is 5.38. The molecule has 0 unspecified atom stereocenters. The molecule has 2 nitrogen and oxygen atoms in total. The molecule has 0 aliphatic heterocycles. The Hall–Kier alpha value is -1.57. The number of para-hydroxylation sites is 1. The fourth-order valence-electron chi connectivity index (χ4n) is 3.56. The van der Waals surface area contributed by atoms with Gasteiger partial charge < -0.3 is 0 Å². The first-order valence-corrected chi connectivity index (χ1v) is 9.05. The number of hydrogen-bond donors (Lipinski definition) is 0. The van der Waals surface area contributed by atoms with Crippen molar-refractivity contribution in [2.24, 2.45) is 0 Å². The number of fused-ring (bicyclic) bond motifs is 1. The Balaban J connectivity index is 1.96. The summed E-state index contributed by atoms with van der Waals surface area (Å²) in [6, 6.07) is 10.7. The van der Waals surface area contributed by atoms with Gasteiger partial charge in [0.2, 0.25) is 0 Å². The van der Waals surface area contributed by atoms with Crippen molar-refractivity contribution in [1.29, 1.82) is 0 Å². The van der Waals surface area contributed by atoms with Crippen LogP contribution in [-0.4, -0.2) is 9.78 Å². The largest absolute Gasteiger partial charge is 0.237 e. The van der Waals surface area contributed by atoms with Gasteiger partial charge in [0.25, 0.3) is 0 Å². The van der Waals surface area contributed by atoms with Crippen molar-refractivity contribution in [3.63, 3.8) is 0 Å². The van der Waals surface area contributed by atoms with Crippen LogP contribution in [0, 0.1) is 0 Å². The Morgan fingerprint density at radius 2 is 1.73 bits per heavy atom. The highest BCUT2D eigenvalue weighted by Crippen LogP contribution is 2.26. The molecular formula is C20H28N2. The molecule has 1 heterocycles. The van der Waals surface area contributed by atoms with Crippen molar-refractivity contribution >= 4 is 0 Å². The zero-order valence-electron chi connectivity index (χ0n) is 13.9. The van der Waals surface area contributed by atoms with Crippen LogP contribution in [0.3, 0.4) is 0 Å². The molecule has 0 N–H and O–H groups in total. The molecule has 0 saturated heterocycles. The van der Waals surface area contributed by atoms with Gasteiger partial charge in [-0.15, -0.1) is 0 Å². The lowest BCUT2D eigenvalue weighted by Crippen LogP contribution is -2.05. The van der Waals surface area contributed by atoms with Gasteiger partial charge in [-0.3, -0.25) is 0 Å². The normalized spacial score (nSPS) is 15.1. The first kappa shape index (κ1) is 15.3. The van der Waals surface area contributed by atoms with Crippen LogP contribution in [-0.2, 0) is 19.3 Å². The van der Waals surface area contributed by atoms with Crippen molar-refractivity contribution in [3.05, 3.63) is 47.3 Å². The molecule has 22 heavy (non-hydrogen) atoms. The minimum absolute atomic E-state index is 1.15. The van der Waals surface area contributed by atoms with Crippen LogP contribution in [0.5, 0.6) is 0 Å². The standard InChI is InChI=1S/C20H28N2/c1-2-3-7-15-19-18-14-10-4-5-11-16-20(18)22(21-19)17-12-8-6-9-13-17/h6,8-9,12-13H,2-5,7,10-11,14-16H2,1H3. The van der Waals surface area contributed by atoms with Crippen molar-refractivity contribution in [2.75, 3.05) is 0 Å². The molecule has 1 aliphatic rings. The lowest BCUT2D eigenvalue weighted by atomic mass is 9.95. The summed E-state index contributed by atoms with van der Waals surface area (Å²) in [6.45, 7) is 2.27. The monoisotopic (exact) mass is 296 g/mol. The van der Waals surface area contributed by atoms with Crippen molar-refractivity contribution in [3.8, 4) is 5.69 Å². The van der Waals surface area contributed by atoms with Gasteiger partial charge in [-0.2, -0.15) is 5.10 Å². The molecular weight excluding hydrogens is 268 g/mol. The molecule has 0 atom stereocenters. The second-order valence-corrected chi connectivity index (χ2v) is 6.49. The van der Waals surface area contributed by atoms with Crippen molar-refractivity contribution < 1.29 is 0 Å². The lowest BCUT2D eigenvalue weighted by molar-refractivity contribution is 0.602. The fraction of sp³-hybridized carbons (Fsp3) is 0.550. The molecule has 2 aromatic rings. The van der Waals surface area contributed by atoms with E-state index in [9.17, 15) is 0 Å². The number of benzene rings is 1. The number of aromatic nitrogens is 2. The molecule has 0 radical (unpaired) electrons. The molecule has 3 rings (SSSR count). The summed E-state index contributed by atoms with van der Waals surface area (Å²) in [4.78, 5) is 0. The van der Waals surface area contributed by atoms with Gasteiger partial charge in [-0.25, -0.2) is 4.68 Å². The van der Waals surface area contributed by atoms with E-state index in [4.69, 9.17) is 5.10 Å². The Morgan fingerprint density at radius 3 is 2.50 bits per heavy atom. The molecule has 1 aromatic heterocycles. The van der Waals surface area contributed by atoms with Gasteiger partial charge in [0, 0.05) is 5.69 Å². The van der Waals surface area contributed by atoms with E-state index in [2.05, 4.69) is 41.9 Å². The molecule has 2 heteroatoms. The fourth-order valence-corrected chi connectivity index (χ4v) is 3.56. The second-order valence-electron chi connectivity index (χ2n) is 6.49. The highest BCUT2D eigenvalue weighted by atomic mass is 15.3. The van der Waals surface area contributed by atoms with E-state index >= 15 is 0 Å². The maximum atomic E-state index is 5.03. The summed E-state index contributed by atoms with van der Waals surface area (Å²) in [5.41, 5.74) is 5.65. The number of hydrogen-bond acceptors (Lipinski definition) is 1. The Morgan fingerprint density at radius 1 is 0.955 bits per heavy atom. The van der Waals surface area contributed by atoms with E-state index in [0.29, 0.717) is 0 Å². The second kappa shape index (κ2) is 7.62. The average molecular weight is 296 g/mol. The SMILES string of the molecule is CCCCCc1nn(-c2ccccc2)c2c1CCCCCC2. The maximum absolute atomic E-state index is 5.03. The zero-order valence-corrected chi connectivity index (χ0v) is 13.9. The van der Waals surface area contributed by atoms with Crippen LogP contribution in [0.25, 0.3) is 5.69 Å². The van der Waals surface area contributed by atoms with Crippen molar-refractivity contribution in [2.45, 2.75) is 71.1 Å². The number of rotatable bonds is 5. The predicted octanol–water partition coefficient (Wildman–Crippen LogP) is 5.26. The van der Waals surface area contributed by atoms with Crippen LogP contribution < -0.4 is 0 Å². The van der Waals surface area contributed by atoms with E-state index in [0.717, 1.165) is 6.42 Å². The van der Waals surface area contributed by atoms with E-state index < -0.39 is 0 Å². The van der Waals surface area contributed by atoms with Gasteiger partial charge in [-0.1, -0.05) is 50.8 Å². The van der Waals surface area contributed by atoms with Crippen LogP contribution in [0.1, 0.15) is 68.8 Å². The summed E-state index contributed by atoms with van der Waals surface area (Å²) in [5.74, 6) is 0. The molecule has 0 amide bonds. The zero-order chi connectivity index (χ0) is 15.2. The lowest BCUT2D eigenvalue weighted by Gasteiger charge is -2.13. The summed E-state index contributed by atoms with van der Waals surface area (Å²) < 4.78 is 2.24. The molecule has 0 fully saturated rings. The van der Waals surface area contributed by atoms with Gasteiger partial charge in [-0.05, 0) is 56.2 Å². The number of aryl methyl sites for hydroxylation is 1. The van der Waals surface area contributed by atoms with Gasteiger partial charge in [0.1, 0.15) is 0 Å². The molecule has 0 spiro atoms. The molecule has 1 aromatic carbocycles. The van der Waals surface area contributed by atoms with Gasteiger partial charge >= 0.3 is 0 Å². The minimum Gasteiger partial charge on any atom is -0.237 e. The summed E-state index contributed by atoms with van der Waals surface area (Å²) in [7, 11) is 0. The molecule has 1 aliphatic carbocycles. The summed E-state index contributed by atoms with van der Waals surface area (Å²) >= 11 is 0. The number of unbranched alkanes of at least 4 members (excludes halogenated alkanes) is 2. The predicted molar refractivity (Wildman–Crippen MR) is 92.7 cm³/mol. The third-order valence-corrected chi connectivity index (χ3v) is 4.78. The topological polar surface area (TPSA) is 17.8 Å². The van der Waals surface area contributed by atoms with E-state index in [1.54, 1.807) is 5.56 Å². The maximum Gasteiger partial charge on any atom is 0.0663 e. The van der Waals surface area contributed by atoms with Crippen LogP contribution in [0.4, 0.5) is 0 Å². The number of nitrogens with zero attached hydrogens (tertiary/aromatic N) is 2. The third kappa shape index (κ3) is 3.43. The Bertz CT molecular complexity index is 583. The van der Waals surface area contributed by atoms with Gasteiger partial charge in [0.15, 0.2) is 0 Å². The van der Waals surface area contributed by atoms with Gasteiger partial charge in [0.05, 0.1) is 11.4 Å². The third-order valence-electron chi connectivity index (χ3n) is 4.78. The molecule has 0 bridgehead atoms. The molecule has 118 valence electrons. The first-order chi connectivity index (χ1) is 10.9. The quantitative estimate of drug-likeness (QED) is 0.688. The minimum atomic E-state index is 1.15. The van der Waals surface area contributed by atoms with Crippen LogP contribution >= 0.6 is 0 Å². The highest BCUT2D eigenvalue weighted by Gasteiger charge is 2.19. The Kier molecular flexibility index (Phi) is 5.31. The Labute approximate surface area is 134 Å².